The van der Waals surface area contributed by atoms with Gasteiger partial charge in [-0.25, -0.2) is 4.98 Å². The van der Waals surface area contributed by atoms with Gasteiger partial charge >= 0.3 is 6.18 Å². The third-order valence-electron chi connectivity index (χ3n) is 3.98. The van der Waals surface area contributed by atoms with E-state index in [0.717, 1.165) is 12.8 Å². The summed E-state index contributed by atoms with van der Waals surface area (Å²) in [5, 5.41) is 11.9. The highest BCUT2D eigenvalue weighted by atomic mass is 19.4. The molecule has 2 heterocycles. The third kappa shape index (κ3) is 3.48. The minimum Gasteiger partial charge on any atom is -0.367 e. The number of azo groups is 1. The van der Waals surface area contributed by atoms with Gasteiger partial charge < -0.3 is 10.6 Å². The highest BCUT2D eigenvalue weighted by Gasteiger charge is 2.37. The first-order chi connectivity index (χ1) is 12.8. The lowest BCUT2D eigenvalue weighted by Crippen LogP contribution is -2.15. The van der Waals surface area contributed by atoms with E-state index in [0.29, 0.717) is 11.9 Å². The van der Waals surface area contributed by atoms with E-state index in [9.17, 15) is 22.8 Å². The van der Waals surface area contributed by atoms with Gasteiger partial charge in [-0.3, -0.25) is 9.59 Å². The fraction of sp³-hybridized carbons (Fsp3) is 0.250. The van der Waals surface area contributed by atoms with E-state index >= 15 is 0 Å². The molecule has 1 aromatic heterocycles. The topological polar surface area (TPSA) is 109 Å². The summed E-state index contributed by atoms with van der Waals surface area (Å²) in [6.07, 6.45) is -2.33. The van der Waals surface area contributed by atoms with E-state index in [2.05, 4.69) is 30.8 Å². The molecule has 8 nitrogen and oxygen atoms in total. The average molecular weight is 376 g/mol. The molecule has 2 N–H and O–H groups in total. The summed E-state index contributed by atoms with van der Waals surface area (Å²) < 4.78 is 39.4. The summed E-state index contributed by atoms with van der Waals surface area (Å²) in [6, 6.07) is 4.16. The number of nitrogens with one attached hydrogen (secondary N) is 2. The molecule has 2 amide bonds. The molecule has 1 aliphatic carbocycles. The van der Waals surface area contributed by atoms with Crippen LogP contribution in [-0.4, -0.2) is 27.8 Å². The molecule has 0 spiro atoms. The molecule has 1 aliphatic heterocycles. The zero-order valence-corrected chi connectivity index (χ0v) is 13.5. The van der Waals surface area contributed by atoms with Crippen molar-refractivity contribution in [2.75, 3.05) is 10.6 Å². The molecular formula is C16H11F3N6O2. The first-order valence-electron chi connectivity index (χ1n) is 7.93. The lowest BCUT2D eigenvalue weighted by molar-refractivity contribution is -0.137. The lowest BCUT2D eigenvalue weighted by Gasteiger charge is -2.15. The van der Waals surface area contributed by atoms with Gasteiger partial charge in [0.05, 0.1) is 11.1 Å². The van der Waals surface area contributed by atoms with E-state index in [1.54, 1.807) is 0 Å². The Hall–Kier alpha value is -3.37. The SMILES string of the molecule is O=C1N=NC(=O)c2cc(Nc3ncc(C(F)(F)F)c(NC4CC4)n3)ccc21. The molecular weight excluding hydrogens is 365 g/mol. The van der Waals surface area contributed by atoms with Gasteiger partial charge in [-0.2, -0.15) is 18.2 Å². The van der Waals surface area contributed by atoms with E-state index in [1.165, 1.54) is 18.2 Å². The van der Waals surface area contributed by atoms with Gasteiger partial charge in [0.25, 0.3) is 11.8 Å². The van der Waals surface area contributed by atoms with Gasteiger partial charge in [-0.05, 0) is 31.0 Å². The van der Waals surface area contributed by atoms with Gasteiger partial charge in [-0.15, -0.1) is 10.2 Å². The number of anilines is 3. The maximum Gasteiger partial charge on any atom is 0.421 e. The van der Waals surface area contributed by atoms with Gasteiger partial charge in [0.2, 0.25) is 5.95 Å². The largest absolute Gasteiger partial charge is 0.421 e. The van der Waals surface area contributed by atoms with Crippen molar-refractivity contribution in [1.29, 1.82) is 0 Å². The van der Waals surface area contributed by atoms with Crippen molar-refractivity contribution in [3.05, 3.63) is 41.1 Å². The average Bonchev–Trinajstić information content (AvgIpc) is 3.41. The third-order valence-corrected chi connectivity index (χ3v) is 3.98. The second-order valence-electron chi connectivity index (χ2n) is 6.07. The Balaban J connectivity index is 1.64. The number of alkyl halides is 3. The predicted molar refractivity (Wildman–Crippen MR) is 86.9 cm³/mol. The fourth-order valence-electron chi connectivity index (χ4n) is 2.49. The standard InChI is InChI=1S/C16H11F3N6O2/c17-16(18,19)11-6-20-15(23-12(11)21-7-1-2-7)22-8-3-4-9-10(5-8)14(27)25-24-13(9)26/h3-7H,1-2H2,(H2,20,21,22,23). The van der Waals surface area contributed by atoms with Crippen LogP contribution in [0.2, 0.25) is 0 Å². The normalized spacial score (nSPS) is 16.3. The molecule has 11 heteroatoms. The highest BCUT2D eigenvalue weighted by molar-refractivity contribution is 6.11. The van der Waals surface area contributed by atoms with E-state index in [4.69, 9.17) is 0 Å². The number of carbonyl (C=O) groups is 2. The Morgan fingerprint density at radius 3 is 2.41 bits per heavy atom. The molecule has 1 fully saturated rings. The molecule has 0 radical (unpaired) electrons. The van der Waals surface area contributed by atoms with Crippen molar-refractivity contribution in [3.63, 3.8) is 0 Å². The van der Waals surface area contributed by atoms with Crippen molar-refractivity contribution in [1.82, 2.24) is 9.97 Å². The van der Waals surface area contributed by atoms with E-state index < -0.39 is 23.6 Å². The molecule has 0 saturated heterocycles. The zero-order valence-electron chi connectivity index (χ0n) is 13.5. The van der Waals surface area contributed by atoms with Crippen LogP contribution in [0.3, 0.4) is 0 Å². The van der Waals surface area contributed by atoms with Crippen LogP contribution in [0.25, 0.3) is 0 Å². The number of aromatic nitrogens is 2. The Kier molecular flexibility index (Phi) is 3.86. The quantitative estimate of drug-likeness (QED) is 0.845. The number of fused-ring (bicyclic) bond motifs is 1. The number of amides is 2. The van der Waals surface area contributed by atoms with Gasteiger partial charge in [-0.1, -0.05) is 0 Å². The van der Waals surface area contributed by atoms with Crippen molar-refractivity contribution >= 4 is 29.3 Å². The summed E-state index contributed by atoms with van der Waals surface area (Å²) in [4.78, 5) is 31.0. The molecule has 0 bridgehead atoms. The Labute approximate surface area is 149 Å². The number of benzene rings is 1. The molecule has 0 unspecified atom stereocenters. The minimum absolute atomic E-state index is 0.0356. The number of nitrogens with zero attached hydrogens (tertiary/aromatic N) is 4. The van der Waals surface area contributed by atoms with Crippen LogP contribution in [0, 0.1) is 0 Å². The van der Waals surface area contributed by atoms with Crippen LogP contribution in [0.1, 0.15) is 39.1 Å². The van der Waals surface area contributed by atoms with E-state index in [-0.39, 0.29) is 28.9 Å². The number of hydrogen-bond acceptors (Lipinski definition) is 6. The highest BCUT2D eigenvalue weighted by Crippen LogP contribution is 2.36. The van der Waals surface area contributed by atoms with Crippen LogP contribution >= 0.6 is 0 Å². The summed E-state index contributed by atoms with van der Waals surface area (Å²) in [6.45, 7) is 0. The lowest BCUT2D eigenvalue weighted by atomic mass is 10.0. The molecule has 2 aliphatic rings. The first-order valence-corrected chi connectivity index (χ1v) is 7.93. The fourth-order valence-corrected chi connectivity index (χ4v) is 2.49. The van der Waals surface area contributed by atoms with Crippen molar-refractivity contribution in [2.45, 2.75) is 25.1 Å². The van der Waals surface area contributed by atoms with Crippen LogP contribution in [0.5, 0.6) is 0 Å². The van der Waals surface area contributed by atoms with Gasteiger partial charge in [0, 0.05) is 17.9 Å². The van der Waals surface area contributed by atoms with Gasteiger partial charge in [0.1, 0.15) is 11.4 Å². The van der Waals surface area contributed by atoms with Crippen LogP contribution < -0.4 is 10.6 Å². The minimum atomic E-state index is -4.58. The maximum atomic E-state index is 13.1. The smallest absolute Gasteiger partial charge is 0.367 e. The van der Waals surface area contributed by atoms with E-state index in [1.807, 2.05) is 0 Å². The van der Waals surface area contributed by atoms with Crippen molar-refractivity contribution in [2.24, 2.45) is 10.2 Å². The molecule has 2 aromatic rings. The number of halogens is 3. The molecule has 138 valence electrons. The molecule has 4 rings (SSSR count). The van der Waals surface area contributed by atoms with Crippen molar-refractivity contribution < 1.29 is 22.8 Å². The Bertz CT molecular complexity index is 985. The first kappa shape index (κ1) is 17.1. The summed E-state index contributed by atoms with van der Waals surface area (Å²) in [5.74, 6) is -1.71. The van der Waals surface area contributed by atoms with Crippen LogP contribution in [0.4, 0.5) is 30.6 Å². The number of rotatable bonds is 4. The molecule has 1 aromatic carbocycles. The number of carbonyl (C=O) groups excluding carboxylic acids is 2. The monoisotopic (exact) mass is 376 g/mol. The second-order valence-corrected chi connectivity index (χ2v) is 6.07. The molecule has 27 heavy (non-hydrogen) atoms. The molecule has 1 saturated carbocycles. The van der Waals surface area contributed by atoms with Crippen LogP contribution in [-0.2, 0) is 6.18 Å². The second kappa shape index (κ2) is 6.11. The summed E-state index contributed by atoms with van der Waals surface area (Å²) in [7, 11) is 0. The molecule has 0 atom stereocenters. The predicted octanol–water partition coefficient (Wildman–Crippen LogP) is 3.56. The van der Waals surface area contributed by atoms with Gasteiger partial charge in [0.15, 0.2) is 0 Å². The number of hydrogen-bond donors (Lipinski definition) is 2. The zero-order chi connectivity index (χ0) is 19.2. The maximum absolute atomic E-state index is 13.1. The Morgan fingerprint density at radius 1 is 1.04 bits per heavy atom. The van der Waals surface area contributed by atoms with Crippen LogP contribution in [0.15, 0.2) is 34.6 Å². The Morgan fingerprint density at radius 2 is 1.74 bits per heavy atom. The summed E-state index contributed by atoms with van der Waals surface area (Å²) >= 11 is 0. The van der Waals surface area contributed by atoms with Crippen molar-refractivity contribution in [3.8, 4) is 0 Å². The summed E-state index contributed by atoms with van der Waals surface area (Å²) in [5.41, 5.74) is -0.482.